The van der Waals surface area contributed by atoms with Gasteiger partial charge in [-0.25, -0.2) is 0 Å². The average molecular weight is 209 g/mol. The van der Waals surface area contributed by atoms with Crippen LogP contribution in [0.4, 0.5) is 0 Å². The Kier molecular flexibility index (Phi) is 6.29. The summed E-state index contributed by atoms with van der Waals surface area (Å²) in [6, 6.07) is 0. The third kappa shape index (κ3) is 9.12. The van der Waals surface area contributed by atoms with Crippen molar-refractivity contribution in [1.82, 2.24) is 5.32 Å². The largest absolute Gasteiger partial charge is 0.353 e. The van der Waals surface area contributed by atoms with Gasteiger partial charge in [-0.15, -0.1) is 0 Å². The molecule has 13 heavy (non-hydrogen) atoms. The van der Waals surface area contributed by atoms with Crippen LogP contribution in [0.1, 0.15) is 13.3 Å². The standard InChI is InChI=1S/C6H11NO5S/c1-5(8)4-6(9)7-2-3-12-13(10)11/h2-4H2,1H3,(H,7,9)(H,10,11). The van der Waals surface area contributed by atoms with E-state index in [1.165, 1.54) is 6.92 Å². The number of hydrogen-bond acceptors (Lipinski definition) is 4. The number of carbonyl (C=O) groups is 2. The van der Waals surface area contributed by atoms with Crippen LogP contribution >= 0.6 is 0 Å². The molecule has 0 aromatic rings. The summed E-state index contributed by atoms with van der Waals surface area (Å²) in [5.74, 6) is -0.649. The average Bonchev–Trinajstić information content (AvgIpc) is 1.96. The van der Waals surface area contributed by atoms with Crippen molar-refractivity contribution in [3.63, 3.8) is 0 Å². The quantitative estimate of drug-likeness (QED) is 0.340. The maximum Gasteiger partial charge on any atom is 0.301 e. The zero-order valence-electron chi connectivity index (χ0n) is 7.11. The van der Waals surface area contributed by atoms with Crippen LogP contribution in [-0.2, 0) is 25.1 Å². The molecule has 0 heterocycles. The fourth-order valence-corrected chi connectivity index (χ4v) is 0.818. The van der Waals surface area contributed by atoms with Crippen molar-refractivity contribution < 1.29 is 22.5 Å². The van der Waals surface area contributed by atoms with Crippen molar-refractivity contribution >= 4 is 23.1 Å². The normalized spacial score (nSPS) is 12.2. The molecule has 0 bridgehead atoms. The Labute approximate surface area is 78.1 Å². The predicted octanol–water partition coefficient (Wildman–Crippen LogP) is -0.765. The summed E-state index contributed by atoms with van der Waals surface area (Å²) in [7, 11) is 0. The lowest BCUT2D eigenvalue weighted by Gasteiger charge is -2.01. The van der Waals surface area contributed by atoms with Gasteiger partial charge < -0.3 is 5.32 Å². The second-order valence-corrected chi connectivity index (χ2v) is 2.94. The number of amides is 1. The van der Waals surface area contributed by atoms with Crippen molar-refractivity contribution in [1.29, 1.82) is 0 Å². The smallest absolute Gasteiger partial charge is 0.301 e. The van der Waals surface area contributed by atoms with Gasteiger partial charge in [-0.2, -0.15) is 4.21 Å². The van der Waals surface area contributed by atoms with Crippen LogP contribution in [0.25, 0.3) is 0 Å². The molecule has 0 spiro atoms. The summed E-state index contributed by atoms with van der Waals surface area (Å²) in [5, 5.41) is 2.34. The van der Waals surface area contributed by atoms with E-state index in [9.17, 15) is 13.8 Å². The lowest BCUT2D eigenvalue weighted by Crippen LogP contribution is -2.28. The molecule has 76 valence electrons. The van der Waals surface area contributed by atoms with Gasteiger partial charge in [0.25, 0.3) is 0 Å². The molecule has 0 radical (unpaired) electrons. The molecule has 0 saturated heterocycles. The summed E-state index contributed by atoms with van der Waals surface area (Å²) >= 11 is -2.31. The van der Waals surface area contributed by atoms with E-state index in [4.69, 9.17) is 4.55 Å². The maximum atomic E-state index is 10.8. The van der Waals surface area contributed by atoms with Crippen molar-refractivity contribution in [2.45, 2.75) is 13.3 Å². The molecular weight excluding hydrogens is 198 g/mol. The number of carbonyl (C=O) groups excluding carboxylic acids is 2. The Bertz CT molecular complexity index is 217. The van der Waals surface area contributed by atoms with E-state index in [2.05, 4.69) is 9.50 Å². The van der Waals surface area contributed by atoms with E-state index in [1.807, 2.05) is 0 Å². The third-order valence-corrected chi connectivity index (χ3v) is 1.39. The van der Waals surface area contributed by atoms with Gasteiger partial charge in [-0.05, 0) is 6.92 Å². The van der Waals surface area contributed by atoms with Crippen LogP contribution in [0.3, 0.4) is 0 Å². The molecule has 1 unspecified atom stereocenters. The van der Waals surface area contributed by atoms with Gasteiger partial charge in [0.15, 0.2) is 0 Å². The van der Waals surface area contributed by atoms with Crippen LogP contribution < -0.4 is 5.32 Å². The first-order valence-electron chi connectivity index (χ1n) is 3.52. The zero-order chi connectivity index (χ0) is 10.3. The van der Waals surface area contributed by atoms with Crippen molar-refractivity contribution in [2.75, 3.05) is 13.2 Å². The van der Waals surface area contributed by atoms with Crippen LogP contribution in [-0.4, -0.2) is 33.6 Å². The Hall–Kier alpha value is -0.790. The second kappa shape index (κ2) is 6.70. The lowest BCUT2D eigenvalue weighted by molar-refractivity contribution is -0.127. The Morgan fingerprint density at radius 3 is 2.62 bits per heavy atom. The van der Waals surface area contributed by atoms with E-state index in [0.29, 0.717) is 0 Å². The molecule has 1 amide bonds. The Morgan fingerprint density at radius 2 is 2.15 bits per heavy atom. The van der Waals surface area contributed by atoms with Gasteiger partial charge >= 0.3 is 11.4 Å². The molecule has 0 saturated carbocycles. The summed E-state index contributed by atoms with van der Waals surface area (Å²) in [5.41, 5.74) is 0. The van der Waals surface area contributed by atoms with Gasteiger partial charge in [-0.3, -0.25) is 18.3 Å². The Balaban J connectivity index is 3.37. The number of hydrogen-bond donors (Lipinski definition) is 2. The lowest BCUT2D eigenvalue weighted by atomic mass is 10.3. The van der Waals surface area contributed by atoms with E-state index in [-0.39, 0.29) is 25.4 Å². The fourth-order valence-electron chi connectivity index (χ4n) is 0.592. The molecule has 7 heteroatoms. The zero-order valence-corrected chi connectivity index (χ0v) is 7.93. The van der Waals surface area contributed by atoms with Crippen LogP contribution in [0, 0.1) is 0 Å². The highest BCUT2D eigenvalue weighted by molar-refractivity contribution is 7.74. The van der Waals surface area contributed by atoms with Gasteiger partial charge in [0.2, 0.25) is 5.91 Å². The van der Waals surface area contributed by atoms with Gasteiger partial charge in [-0.1, -0.05) is 0 Å². The van der Waals surface area contributed by atoms with E-state index in [1.54, 1.807) is 0 Å². The molecule has 2 N–H and O–H groups in total. The first-order valence-corrected chi connectivity index (χ1v) is 4.56. The minimum absolute atomic E-state index is 0.0627. The van der Waals surface area contributed by atoms with Crippen molar-refractivity contribution in [3.05, 3.63) is 0 Å². The van der Waals surface area contributed by atoms with Crippen LogP contribution in [0.5, 0.6) is 0 Å². The minimum Gasteiger partial charge on any atom is -0.353 e. The summed E-state index contributed by atoms with van der Waals surface area (Å²) in [6.45, 7) is 1.35. The molecule has 0 aliphatic carbocycles. The third-order valence-electron chi connectivity index (χ3n) is 1.02. The summed E-state index contributed by atoms with van der Waals surface area (Å²) < 4.78 is 22.3. The van der Waals surface area contributed by atoms with Crippen LogP contribution in [0.2, 0.25) is 0 Å². The molecule has 6 nitrogen and oxygen atoms in total. The van der Waals surface area contributed by atoms with Gasteiger partial charge in [0.1, 0.15) is 5.78 Å². The first-order chi connectivity index (χ1) is 6.02. The summed E-state index contributed by atoms with van der Waals surface area (Å²) in [6.07, 6.45) is -0.178. The van der Waals surface area contributed by atoms with E-state index >= 15 is 0 Å². The number of ketones is 1. The van der Waals surface area contributed by atoms with Gasteiger partial charge in [0.05, 0.1) is 13.0 Å². The van der Waals surface area contributed by atoms with Crippen molar-refractivity contribution in [2.24, 2.45) is 0 Å². The summed E-state index contributed by atoms with van der Waals surface area (Å²) in [4.78, 5) is 21.2. The number of rotatable bonds is 6. The van der Waals surface area contributed by atoms with E-state index in [0.717, 1.165) is 0 Å². The highest BCUT2D eigenvalue weighted by atomic mass is 32.2. The molecule has 0 rings (SSSR count). The van der Waals surface area contributed by atoms with E-state index < -0.39 is 17.3 Å². The highest BCUT2D eigenvalue weighted by Gasteiger charge is 2.03. The molecule has 0 fully saturated rings. The van der Waals surface area contributed by atoms with Gasteiger partial charge in [0, 0.05) is 6.54 Å². The molecule has 0 aliphatic heterocycles. The second-order valence-electron chi connectivity index (χ2n) is 2.27. The maximum absolute atomic E-state index is 10.8. The fraction of sp³-hybridized carbons (Fsp3) is 0.667. The molecule has 0 aliphatic rings. The topological polar surface area (TPSA) is 92.7 Å². The van der Waals surface area contributed by atoms with Crippen molar-refractivity contribution in [3.8, 4) is 0 Å². The molecule has 1 atom stereocenters. The van der Waals surface area contributed by atoms with Crippen LogP contribution in [0.15, 0.2) is 0 Å². The highest BCUT2D eigenvalue weighted by Crippen LogP contribution is 1.82. The molecular formula is C6H11NO5S. The number of Topliss-reactive ketones (excluding diaryl/α,β-unsaturated/α-hetero) is 1. The SMILES string of the molecule is CC(=O)CC(=O)NCCOS(=O)O. The first kappa shape index (κ1) is 12.2. The Morgan fingerprint density at radius 1 is 1.54 bits per heavy atom. The monoisotopic (exact) mass is 209 g/mol. The molecule has 0 aromatic heterocycles. The minimum atomic E-state index is -2.31. The molecule has 0 aromatic carbocycles. The predicted molar refractivity (Wildman–Crippen MR) is 45.0 cm³/mol. The number of nitrogens with one attached hydrogen (secondary N) is 1.